The number of hydrogen-bond donors (Lipinski definition) is 0. The molecule has 3 aromatic rings. The maximum atomic E-state index is 14.0. The minimum Gasteiger partial charge on any atom is -0.366 e. The lowest BCUT2D eigenvalue weighted by Gasteiger charge is -2.35. The van der Waals surface area contributed by atoms with E-state index in [0.717, 1.165) is 11.3 Å². The minimum atomic E-state index is -0.310. The molecule has 0 N–H and O–H groups in total. The molecule has 2 aromatic carbocycles. The van der Waals surface area contributed by atoms with Gasteiger partial charge in [0.05, 0.1) is 11.4 Å². The number of para-hydroxylation sites is 1. The average Bonchev–Trinajstić information content (AvgIpc) is 3.10. The van der Waals surface area contributed by atoms with Gasteiger partial charge < -0.3 is 9.80 Å². The molecule has 1 aromatic heterocycles. The first-order valence-electron chi connectivity index (χ1n) is 9.11. The molecule has 1 aliphatic rings. The van der Waals surface area contributed by atoms with E-state index in [9.17, 15) is 13.6 Å². The summed E-state index contributed by atoms with van der Waals surface area (Å²) in [7, 11) is 1.76. The van der Waals surface area contributed by atoms with Gasteiger partial charge in [-0.05, 0) is 48.0 Å². The molecule has 1 amide bonds. The van der Waals surface area contributed by atoms with Crippen molar-refractivity contribution in [2.45, 2.75) is 0 Å². The van der Waals surface area contributed by atoms with Crippen molar-refractivity contribution in [1.82, 2.24) is 14.7 Å². The molecule has 1 aliphatic heterocycles. The minimum absolute atomic E-state index is 0.155. The summed E-state index contributed by atoms with van der Waals surface area (Å²) in [6, 6.07) is 14.5. The summed E-state index contributed by atoms with van der Waals surface area (Å²) in [6.07, 6.45) is 0. The maximum absolute atomic E-state index is 14.0. The molecule has 0 radical (unpaired) electrons. The van der Waals surface area contributed by atoms with Crippen LogP contribution in [0.1, 0.15) is 10.5 Å². The van der Waals surface area contributed by atoms with E-state index in [0.29, 0.717) is 37.6 Å². The van der Waals surface area contributed by atoms with Crippen LogP contribution >= 0.6 is 0 Å². The summed E-state index contributed by atoms with van der Waals surface area (Å²) < 4.78 is 28.7. The van der Waals surface area contributed by atoms with Gasteiger partial charge in [-0.25, -0.2) is 8.78 Å². The van der Waals surface area contributed by atoms with Crippen LogP contribution in [0.4, 0.5) is 14.5 Å². The molecule has 1 fully saturated rings. The maximum Gasteiger partial charge on any atom is 0.274 e. The van der Waals surface area contributed by atoms with E-state index < -0.39 is 0 Å². The van der Waals surface area contributed by atoms with Crippen LogP contribution in [0.25, 0.3) is 11.3 Å². The Morgan fingerprint density at radius 2 is 1.64 bits per heavy atom. The van der Waals surface area contributed by atoms with Crippen molar-refractivity contribution < 1.29 is 13.6 Å². The molecule has 28 heavy (non-hydrogen) atoms. The van der Waals surface area contributed by atoms with Gasteiger partial charge in [0.1, 0.15) is 11.6 Å². The fourth-order valence-corrected chi connectivity index (χ4v) is 3.48. The average molecular weight is 382 g/mol. The van der Waals surface area contributed by atoms with Gasteiger partial charge >= 0.3 is 0 Å². The van der Waals surface area contributed by atoms with Gasteiger partial charge in [0, 0.05) is 33.2 Å². The SMILES string of the molecule is Cn1nc(C(=O)N2CCN(c3ccccc3F)CC2)cc1-c1ccc(F)cc1. The number of nitrogens with zero attached hydrogens (tertiary/aromatic N) is 4. The summed E-state index contributed by atoms with van der Waals surface area (Å²) in [6.45, 7) is 2.11. The van der Waals surface area contributed by atoms with Gasteiger partial charge in [-0.2, -0.15) is 5.10 Å². The first kappa shape index (κ1) is 18.2. The first-order chi connectivity index (χ1) is 13.5. The predicted molar refractivity (Wildman–Crippen MR) is 103 cm³/mol. The molecule has 7 heteroatoms. The van der Waals surface area contributed by atoms with E-state index in [2.05, 4.69) is 5.10 Å². The molecule has 1 saturated heterocycles. The van der Waals surface area contributed by atoms with Crippen LogP contribution < -0.4 is 4.90 Å². The highest BCUT2D eigenvalue weighted by atomic mass is 19.1. The Labute approximate surface area is 161 Å². The van der Waals surface area contributed by atoms with Gasteiger partial charge in [-0.3, -0.25) is 9.48 Å². The lowest BCUT2D eigenvalue weighted by atomic mass is 10.1. The summed E-state index contributed by atoms with van der Waals surface area (Å²) >= 11 is 0. The summed E-state index contributed by atoms with van der Waals surface area (Å²) in [4.78, 5) is 16.5. The van der Waals surface area contributed by atoms with Gasteiger partial charge in [-0.1, -0.05) is 12.1 Å². The van der Waals surface area contributed by atoms with E-state index in [1.807, 2.05) is 4.90 Å². The number of rotatable bonds is 3. The van der Waals surface area contributed by atoms with Crippen molar-refractivity contribution in [3.05, 3.63) is 71.9 Å². The van der Waals surface area contributed by atoms with Crippen LogP contribution in [-0.2, 0) is 7.05 Å². The number of aryl methyl sites for hydroxylation is 1. The third-order valence-corrected chi connectivity index (χ3v) is 5.00. The molecule has 5 nitrogen and oxygen atoms in total. The van der Waals surface area contributed by atoms with Crippen molar-refractivity contribution in [2.24, 2.45) is 7.05 Å². The number of aromatic nitrogens is 2. The lowest BCUT2D eigenvalue weighted by Crippen LogP contribution is -2.49. The van der Waals surface area contributed by atoms with Crippen molar-refractivity contribution in [3.8, 4) is 11.3 Å². The number of carbonyl (C=O) groups excluding carboxylic acids is 1. The molecule has 144 valence electrons. The lowest BCUT2D eigenvalue weighted by molar-refractivity contribution is 0.0740. The third-order valence-electron chi connectivity index (χ3n) is 5.00. The highest BCUT2D eigenvalue weighted by Crippen LogP contribution is 2.23. The molecule has 0 aliphatic carbocycles. The number of piperazine rings is 1. The van der Waals surface area contributed by atoms with E-state index in [1.165, 1.54) is 18.2 Å². The molecule has 4 rings (SSSR count). The molecule has 0 unspecified atom stereocenters. The second-order valence-electron chi connectivity index (χ2n) is 6.78. The molecular formula is C21H20F2N4O. The van der Waals surface area contributed by atoms with Crippen molar-refractivity contribution in [3.63, 3.8) is 0 Å². The fourth-order valence-electron chi connectivity index (χ4n) is 3.48. The fraction of sp³-hybridized carbons (Fsp3) is 0.238. The zero-order valence-corrected chi connectivity index (χ0v) is 15.5. The Bertz CT molecular complexity index is 992. The van der Waals surface area contributed by atoms with Gasteiger partial charge in [-0.15, -0.1) is 0 Å². The molecule has 2 heterocycles. The van der Waals surface area contributed by atoms with Crippen LogP contribution in [-0.4, -0.2) is 46.8 Å². The standard InChI is InChI=1S/C21H20F2N4O/c1-25-20(15-6-8-16(22)9-7-15)14-18(24-25)21(28)27-12-10-26(11-13-27)19-5-3-2-4-17(19)23/h2-9,14H,10-13H2,1H3. The Balaban J connectivity index is 1.47. The van der Waals surface area contributed by atoms with Gasteiger partial charge in [0.15, 0.2) is 5.69 Å². The van der Waals surface area contributed by atoms with Crippen LogP contribution in [0.3, 0.4) is 0 Å². The van der Waals surface area contributed by atoms with E-state index in [4.69, 9.17) is 0 Å². The number of carbonyl (C=O) groups is 1. The van der Waals surface area contributed by atoms with Crippen LogP contribution in [0.15, 0.2) is 54.6 Å². The number of hydrogen-bond acceptors (Lipinski definition) is 3. The molecule has 0 bridgehead atoms. The normalized spacial score (nSPS) is 14.4. The van der Waals surface area contributed by atoms with E-state index in [-0.39, 0.29) is 17.5 Å². The van der Waals surface area contributed by atoms with E-state index in [1.54, 1.807) is 53.0 Å². The Hall–Kier alpha value is -3.22. The number of anilines is 1. The quantitative estimate of drug-likeness (QED) is 0.698. The largest absolute Gasteiger partial charge is 0.366 e. The van der Waals surface area contributed by atoms with Crippen molar-refractivity contribution >= 4 is 11.6 Å². The molecule has 0 saturated carbocycles. The molecule has 0 atom stereocenters. The highest BCUT2D eigenvalue weighted by Gasteiger charge is 2.25. The third kappa shape index (κ3) is 3.47. The number of amides is 1. The summed E-state index contributed by atoms with van der Waals surface area (Å²) in [5.41, 5.74) is 2.44. The van der Waals surface area contributed by atoms with Gasteiger partial charge in [0.25, 0.3) is 5.91 Å². The zero-order valence-electron chi connectivity index (χ0n) is 15.5. The molecular weight excluding hydrogens is 362 g/mol. The van der Waals surface area contributed by atoms with E-state index >= 15 is 0 Å². The predicted octanol–water partition coefficient (Wildman–Crippen LogP) is 3.33. The number of halogens is 2. The Morgan fingerprint density at radius 1 is 0.964 bits per heavy atom. The molecule has 0 spiro atoms. The summed E-state index contributed by atoms with van der Waals surface area (Å²) in [5.74, 6) is -0.719. The second kappa shape index (κ2) is 7.42. The van der Waals surface area contributed by atoms with Crippen LogP contribution in [0.5, 0.6) is 0 Å². The van der Waals surface area contributed by atoms with Crippen molar-refractivity contribution in [2.75, 3.05) is 31.1 Å². The Morgan fingerprint density at radius 3 is 2.32 bits per heavy atom. The van der Waals surface area contributed by atoms with Crippen LogP contribution in [0.2, 0.25) is 0 Å². The first-order valence-corrected chi connectivity index (χ1v) is 9.11. The monoisotopic (exact) mass is 382 g/mol. The summed E-state index contributed by atoms with van der Waals surface area (Å²) in [5, 5.41) is 4.33. The Kier molecular flexibility index (Phi) is 4.81. The van der Waals surface area contributed by atoms with Crippen LogP contribution in [0, 0.1) is 11.6 Å². The second-order valence-corrected chi connectivity index (χ2v) is 6.78. The van der Waals surface area contributed by atoms with Crippen molar-refractivity contribution in [1.29, 1.82) is 0 Å². The number of benzene rings is 2. The zero-order chi connectivity index (χ0) is 19.7. The smallest absolute Gasteiger partial charge is 0.274 e. The highest BCUT2D eigenvalue weighted by molar-refractivity contribution is 5.93. The topological polar surface area (TPSA) is 41.4 Å². The van der Waals surface area contributed by atoms with Gasteiger partial charge in [0.2, 0.25) is 0 Å².